The van der Waals surface area contributed by atoms with Crippen LogP contribution < -0.4 is 5.32 Å². The zero-order valence-corrected chi connectivity index (χ0v) is 9.80. The van der Waals surface area contributed by atoms with Crippen LogP contribution in [0.15, 0.2) is 0 Å². The van der Waals surface area contributed by atoms with Crippen molar-refractivity contribution in [2.24, 2.45) is 7.05 Å². The average Bonchev–Trinajstić information content (AvgIpc) is 2.76. The first kappa shape index (κ1) is 11.8. The number of rotatable bonds is 4. The first-order chi connectivity index (χ1) is 8.27. The fraction of sp³-hybridized carbons (Fsp3) is 0.778. The van der Waals surface area contributed by atoms with Crippen molar-refractivity contribution in [2.75, 3.05) is 38.2 Å². The molecule has 0 bridgehead atoms. The van der Waals surface area contributed by atoms with Gasteiger partial charge in [-0.05, 0) is 10.4 Å². The first-order valence-corrected chi connectivity index (χ1v) is 5.59. The molecule has 1 aliphatic heterocycles. The molecule has 1 aromatic rings. The fourth-order valence-corrected chi connectivity index (χ4v) is 1.63. The predicted octanol–water partition coefficient (Wildman–Crippen LogP) is -1.13. The second-order valence-corrected chi connectivity index (χ2v) is 3.80. The molecule has 1 amide bonds. The Morgan fingerprint density at radius 1 is 1.47 bits per heavy atom. The van der Waals surface area contributed by atoms with Crippen LogP contribution in [0.4, 0.5) is 5.95 Å². The van der Waals surface area contributed by atoms with Crippen LogP contribution in [0, 0.1) is 0 Å². The van der Waals surface area contributed by atoms with E-state index in [4.69, 9.17) is 4.74 Å². The summed E-state index contributed by atoms with van der Waals surface area (Å²) in [5.41, 5.74) is 0. The van der Waals surface area contributed by atoms with E-state index in [-0.39, 0.29) is 5.91 Å². The van der Waals surface area contributed by atoms with E-state index in [0.717, 1.165) is 0 Å². The van der Waals surface area contributed by atoms with Crippen LogP contribution in [0.5, 0.6) is 0 Å². The highest BCUT2D eigenvalue weighted by Crippen LogP contribution is 2.01. The molecule has 1 aliphatic rings. The maximum Gasteiger partial charge on any atom is 0.242 e. The number of hydrogen-bond acceptors (Lipinski definition) is 6. The molecular weight excluding hydrogens is 224 g/mol. The molecule has 94 valence electrons. The summed E-state index contributed by atoms with van der Waals surface area (Å²) in [4.78, 5) is 13.6. The maximum absolute atomic E-state index is 11.8. The Bertz CT molecular complexity index is 373. The molecule has 1 N–H and O–H groups in total. The summed E-state index contributed by atoms with van der Waals surface area (Å²) in [6.45, 7) is 3.16. The van der Waals surface area contributed by atoms with Crippen molar-refractivity contribution in [3.63, 3.8) is 0 Å². The van der Waals surface area contributed by atoms with E-state index in [2.05, 4.69) is 20.8 Å². The largest absolute Gasteiger partial charge is 0.378 e. The standard InChI is InChI=1S/C9H16N6O2/c1-14-9(11-12-13-14)10-3-2-8(16)15-4-6-17-7-5-15/h2-7H2,1H3,(H,10,11,13). The number of hydrogen-bond donors (Lipinski definition) is 1. The summed E-state index contributed by atoms with van der Waals surface area (Å²) in [5, 5.41) is 14.0. The van der Waals surface area contributed by atoms with Gasteiger partial charge in [-0.15, -0.1) is 0 Å². The normalized spacial score (nSPS) is 15.9. The SMILES string of the molecule is Cn1nnnc1NCCC(=O)N1CCOCC1. The molecule has 2 heterocycles. The lowest BCUT2D eigenvalue weighted by molar-refractivity contribution is -0.134. The van der Waals surface area contributed by atoms with Gasteiger partial charge in [-0.1, -0.05) is 5.10 Å². The predicted molar refractivity (Wildman–Crippen MR) is 59.3 cm³/mol. The number of ether oxygens (including phenoxy) is 1. The van der Waals surface area contributed by atoms with Gasteiger partial charge in [0.1, 0.15) is 0 Å². The number of aromatic nitrogens is 4. The highest BCUT2D eigenvalue weighted by molar-refractivity contribution is 5.76. The molecule has 0 aromatic carbocycles. The zero-order valence-electron chi connectivity index (χ0n) is 9.80. The molecule has 1 fully saturated rings. The number of nitrogens with one attached hydrogen (secondary N) is 1. The maximum atomic E-state index is 11.8. The van der Waals surface area contributed by atoms with Crippen molar-refractivity contribution >= 4 is 11.9 Å². The Morgan fingerprint density at radius 2 is 2.24 bits per heavy atom. The number of carbonyl (C=O) groups excluding carboxylic acids is 1. The summed E-state index contributed by atoms with van der Waals surface area (Å²) < 4.78 is 6.72. The van der Waals surface area contributed by atoms with Crippen LogP contribution >= 0.6 is 0 Å². The lowest BCUT2D eigenvalue weighted by atomic mass is 10.3. The van der Waals surface area contributed by atoms with Gasteiger partial charge >= 0.3 is 0 Å². The highest BCUT2D eigenvalue weighted by Gasteiger charge is 2.16. The van der Waals surface area contributed by atoms with E-state index in [1.807, 2.05) is 4.90 Å². The molecule has 1 aromatic heterocycles. The monoisotopic (exact) mass is 240 g/mol. The Hall–Kier alpha value is -1.70. The number of aryl methyl sites for hydroxylation is 1. The van der Waals surface area contributed by atoms with Crippen LogP contribution in [0.3, 0.4) is 0 Å². The Balaban J connectivity index is 1.71. The van der Waals surface area contributed by atoms with E-state index in [9.17, 15) is 4.79 Å². The Labute approximate surface area is 98.9 Å². The molecule has 8 nitrogen and oxygen atoms in total. The van der Waals surface area contributed by atoms with Crippen molar-refractivity contribution in [2.45, 2.75) is 6.42 Å². The molecule has 8 heteroatoms. The minimum absolute atomic E-state index is 0.135. The van der Waals surface area contributed by atoms with Crippen molar-refractivity contribution < 1.29 is 9.53 Å². The third-order valence-electron chi connectivity index (χ3n) is 2.61. The average molecular weight is 240 g/mol. The fourth-order valence-electron chi connectivity index (χ4n) is 1.63. The lowest BCUT2D eigenvalue weighted by Gasteiger charge is -2.26. The number of nitrogens with zero attached hydrogens (tertiary/aromatic N) is 5. The van der Waals surface area contributed by atoms with Crippen LogP contribution in [-0.2, 0) is 16.6 Å². The lowest BCUT2D eigenvalue weighted by Crippen LogP contribution is -2.41. The number of carbonyl (C=O) groups is 1. The summed E-state index contributed by atoms with van der Waals surface area (Å²) in [5.74, 6) is 0.704. The van der Waals surface area contributed by atoms with E-state index in [1.165, 1.54) is 4.68 Å². The molecular formula is C9H16N6O2. The molecule has 0 unspecified atom stereocenters. The van der Waals surface area contributed by atoms with Crippen molar-refractivity contribution in [3.05, 3.63) is 0 Å². The Kier molecular flexibility index (Phi) is 3.86. The molecule has 1 saturated heterocycles. The summed E-state index contributed by atoms with van der Waals surface area (Å²) in [6, 6.07) is 0. The van der Waals surface area contributed by atoms with E-state index < -0.39 is 0 Å². The summed E-state index contributed by atoms with van der Waals surface area (Å²) in [6.07, 6.45) is 0.437. The van der Waals surface area contributed by atoms with Crippen molar-refractivity contribution in [3.8, 4) is 0 Å². The van der Waals surface area contributed by atoms with Gasteiger partial charge in [0, 0.05) is 33.1 Å². The van der Waals surface area contributed by atoms with Gasteiger partial charge in [-0.25, -0.2) is 4.68 Å². The molecule has 0 saturated carbocycles. The van der Waals surface area contributed by atoms with Crippen LogP contribution in [-0.4, -0.2) is 63.9 Å². The first-order valence-electron chi connectivity index (χ1n) is 5.59. The minimum Gasteiger partial charge on any atom is -0.378 e. The molecule has 0 radical (unpaired) electrons. The van der Waals surface area contributed by atoms with Gasteiger partial charge < -0.3 is 15.0 Å². The topological polar surface area (TPSA) is 85.2 Å². The van der Waals surface area contributed by atoms with E-state index >= 15 is 0 Å². The van der Waals surface area contributed by atoms with Crippen molar-refractivity contribution in [1.29, 1.82) is 0 Å². The molecule has 0 atom stereocenters. The summed E-state index contributed by atoms with van der Waals surface area (Å²) >= 11 is 0. The van der Waals surface area contributed by atoms with Crippen LogP contribution in [0.25, 0.3) is 0 Å². The third-order valence-corrected chi connectivity index (χ3v) is 2.61. The highest BCUT2D eigenvalue weighted by atomic mass is 16.5. The quantitative estimate of drug-likeness (QED) is 0.717. The van der Waals surface area contributed by atoms with E-state index in [1.54, 1.807) is 7.05 Å². The van der Waals surface area contributed by atoms with Gasteiger partial charge in [0.05, 0.1) is 13.2 Å². The number of morpholine rings is 1. The second-order valence-electron chi connectivity index (χ2n) is 3.80. The smallest absolute Gasteiger partial charge is 0.242 e. The minimum atomic E-state index is 0.135. The third kappa shape index (κ3) is 3.13. The molecule has 17 heavy (non-hydrogen) atoms. The van der Waals surface area contributed by atoms with Crippen LogP contribution in [0.1, 0.15) is 6.42 Å². The van der Waals surface area contributed by atoms with Gasteiger partial charge in [0.2, 0.25) is 11.9 Å². The van der Waals surface area contributed by atoms with E-state index in [0.29, 0.717) is 45.2 Å². The zero-order chi connectivity index (χ0) is 12.1. The number of amides is 1. The van der Waals surface area contributed by atoms with Gasteiger partial charge in [0.25, 0.3) is 0 Å². The Morgan fingerprint density at radius 3 is 2.88 bits per heavy atom. The summed E-state index contributed by atoms with van der Waals surface area (Å²) in [7, 11) is 1.74. The molecule has 2 rings (SSSR count). The molecule has 0 spiro atoms. The van der Waals surface area contributed by atoms with Crippen LogP contribution in [0.2, 0.25) is 0 Å². The van der Waals surface area contributed by atoms with Gasteiger partial charge in [-0.3, -0.25) is 4.79 Å². The molecule has 0 aliphatic carbocycles. The number of tetrazole rings is 1. The second kappa shape index (κ2) is 5.58. The van der Waals surface area contributed by atoms with Gasteiger partial charge in [0.15, 0.2) is 0 Å². The number of anilines is 1. The van der Waals surface area contributed by atoms with Gasteiger partial charge in [-0.2, -0.15) is 0 Å². The van der Waals surface area contributed by atoms with Crippen molar-refractivity contribution in [1.82, 2.24) is 25.1 Å².